The number of aliphatic hydroxyl groups is 2. The molecule has 5 nitrogen and oxygen atoms in total. The number of aliphatic hydroxyl groups excluding tert-OH is 2. The number of hydrogen-bond donors (Lipinski definition) is 4. The third-order valence-electron chi connectivity index (χ3n) is 2.24. The molecule has 2 unspecified atom stereocenters. The number of phenols is 1. The minimum atomic E-state index is -1.29. The Morgan fingerprint density at radius 1 is 1.47 bits per heavy atom. The average molecular weight is 260 g/mol. The van der Waals surface area contributed by atoms with Crippen molar-refractivity contribution in [2.24, 2.45) is 0 Å². The summed E-state index contributed by atoms with van der Waals surface area (Å²) in [5.74, 6) is -0.511. The number of amides is 1. The number of phenolic OH excluding ortho intramolecular Hbond substituents is 1. The number of nitrogens with one attached hydrogen (secondary N) is 1. The molecule has 1 amide bonds. The Morgan fingerprint density at radius 2 is 2.12 bits per heavy atom. The van der Waals surface area contributed by atoms with Gasteiger partial charge in [0, 0.05) is 24.1 Å². The maximum atomic E-state index is 10.6. The molecule has 0 heterocycles. The fourth-order valence-electron chi connectivity index (χ4n) is 1.33. The van der Waals surface area contributed by atoms with Gasteiger partial charge in [-0.15, -0.1) is 0 Å². The first kappa shape index (κ1) is 13.8. The van der Waals surface area contributed by atoms with Crippen LogP contribution in [-0.2, 0) is 4.79 Å². The summed E-state index contributed by atoms with van der Waals surface area (Å²) in [5, 5.41) is 31.6. The Kier molecular flexibility index (Phi) is 4.74. The van der Waals surface area contributed by atoms with Crippen LogP contribution >= 0.6 is 11.6 Å². The van der Waals surface area contributed by atoms with Crippen molar-refractivity contribution in [3.05, 3.63) is 28.8 Å². The first-order valence-electron chi connectivity index (χ1n) is 5.00. The van der Waals surface area contributed by atoms with Gasteiger partial charge in [0.05, 0.1) is 0 Å². The van der Waals surface area contributed by atoms with Crippen LogP contribution in [0.5, 0.6) is 5.75 Å². The van der Waals surface area contributed by atoms with Crippen LogP contribution in [0, 0.1) is 0 Å². The average Bonchev–Trinajstić information content (AvgIpc) is 2.25. The van der Waals surface area contributed by atoms with E-state index in [1.807, 2.05) is 0 Å². The topological polar surface area (TPSA) is 89.8 Å². The lowest BCUT2D eigenvalue weighted by atomic mass is 10.0. The molecule has 0 fully saturated rings. The maximum Gasteiger partial charge on any atom is 0.216 e. The predicted molar refractivity (Wildman–Crippen MR) is 62.8 cm³/mol. The molecule has 1 aromatic rings. The third kappa shape index (κ3) is 3.89. The predicted octanol–water partition coefficient (Wildman–Crippen LogP) is 0.576. The van der Waals surface area contributed by atoms with E-state index in [1.54, 1.807) is 0 Å². The molecule has 2 atom stereocenters. The summed E-state index contributed by atoms with van der Waals surface area (Å²) in [5.41, 5.74) is 0.159. The fourth-order valence-corrected chi connectivity index (χ4v) is 1.50. The van der Waals surface area contributed by atoms with Gasteiger partial charge < -0.3 is 20.6 Å². The molecule has 0 radical (unpaired) electrons. The zero-order valence-electron chi connectivity index (χ0n) is 9.22. The highest BCUT2D eigenvalue weighted by Crippen LogP contribution is 2.28. The summed E-state index contributed by atoms with van der Waals surface area (Å²) in [6.07, 6.45) is -2.50. The van der Waals surface area contributed by atoms with Crippen molar-refractivity contribution in [3.8, 4) is 5.75 Å². The van der Waals surface area contributed by atoms with Crippen LogP contribution in [0.15, 0.2) is 18.2 Å². The van der Waals surface area contributed by atoms with Crippen molar-refractivity contribution in [1.82, 2.24) is 5.32 Å². The summed E-state index contributed by atoms with van der Waals surface area (Å²) in [6.45, 7) is 1.21. The fraction of sp³-hybridized carbons (Fsp3) is 0.364. The summed E-state index contributed by atoms with van der Waals surface area (Å²) in [6, 6.07) is 4.18. The van der Waals surface area contributed by atoms with Crippen LogP contribution < -0.4 is 5.32 Å². The molecular weight excluding hydrogens is 246 g/mol. The van der Waals surface area contributed by atoms with Gasteiger partial charge in [0.25, 0.3) is 0 Å². The van der Waals surface area contributed by atoms with E-state index in [1.165, 1.54) is 25.1 Å². The van der Waals surface area contributed by atoms with Crippen molar-refractivity contribution in [3.63, 3.8) is 0 Å². The van der Waals surface area contributed by atoms with Crippen LogP contribution in [0.3, 0.4) is 0 Å². The van der Waals surface area contributed by atoms with Crippen LogP contribution in [0.2, 0.25) is 5.02 Å². The standard InChI is InChI=1S/C11H14ClNO4/c1-6(14)13-5-10(16)11(17)8-3-2-7(12)4-9(8)15/h2-4,10-11,15-17H,5H2,1H3,(H,13,14). The van der Waals surface area contributed by atoms with Crippen LogP contribution in [0.25, 0.3) is 0 Å². The van der Waals surface area contributed by atoms with E-state index in [2.05, 4.69) is 5.32 Å². The number of aromatic hydroxyl groups is 1. The van der Waals surface area contributed by atoms with Crippen molar-refractivity contribution in [2.45, 2.75) is 19.1 Å². The summed E-state index contributed by atoms with van der Waals surface area (Å²) in [7, 11) is 0. The van der Waals surface area contributed by atoms with Crippen molar-refractivity contribution >= 4 is 17.5 Å². The molecule has 6 heteroatoms. The van der Waals surface area contributed by atoms with Gasteiger partial charge in [-0.25, -0.2) is 0 Å². The second kappa shape index (κ2) is 5.86. The molecular formula is C11H14ClNO4. The normalized spacial score (nSPS) is 14.1. The second-order valence-electron chi connectivity index (χ2n) is 3.65. The lowest BCUT2D eigenvalue weighted by Crippen LogP contribution is -2.34. The van der Waals surface area contributed by atoms with Crippen LogP contribution in [0.4, 0.5) is 0 Å². The molecule has 1 rings (SSSR count). The molecule has 0 saturated carbocycles. The molecule has 94 valence electrons. The number of halogens is 1. The van der Waals surface area contributed by atoms with Gasteiger partial charge in [-0.05, 0) is 12.1 Å². The Bertz CT molecular complexity index is 410. The van der Waals surface area contributed by atoms with Gasteiger partial charge in [-0.2, -0.15) is 0 Å². The number of rotatable bonds is 4. The van der Waals surface area contributed by atoms with Gasteiger partial charge in [0.2, 0.25) is 5.91 Å². The first-order chi connectivity index (χ1) is 7.91. The van der Waals surface area contributed by atoms with Gasteiger partial charge in [-0.3, -0.25) is 4.79 Å². The molecule has 1 aromatic carbocycles. The molecule has 17 heavy (non-hydrogen) atoms. The quantitative estimate of drug-likeness (QED) is 0.637. The van der Waals surface area contributed by atoms with E-state index in [9.17, 15) is 20.1 Å². The van der Waals surface area contributed by atoms with Crippen LogP contribution in [-0.4, -0.2) is 33.9 Å². The van der Waals surface area contributed by atoms with Gasteiger partial charge in [-0.1, -0.05) is 17.7 Å². The van der Waals surface area contributed by atoms with Crippen LogP contribution in [0.1, 0.15) is 18.6 Å². The molecule has 0 aliphatic carbocycles. The van der Waals surface area contributed by atoms with E-state index in [4.69, 9.17) is 11.6 Å². The highest BCUT2D eigenvalue weighted by atomic mass is 35.5. The Morgan fingerprint density at radius 3 is 2.65 bits per heavy atom. The van der Waals surface area contributed by atoms with Gasteiger partial charge in [0.15, 0.2) is 0 Å². The number of benzene rings is 1. The number of carbonyl (C=O) groups is 1. The highest BCUT2D eigenvalue weighted by molar-refractivity contribution is 6.30. The molecule has 4 N–H and O–H groups in total. The number of carbonyl (C=O) groups excluding carboxylic acids is 1. The van der Waals surface area contributed by atoms with Crippen molar-refractivity contribution in [2.75, 3.05) is 6.54 Å². The minimum absolute atomic E-state index is 0.0986. The largest absolute Gasteiger partial charge is 0.508 e. The maximum absolute atomic E-state index is 10.6. The Hall–Kier alpha value is -1.30. The van der Waals surface area contributed by atoms with E-state index in [-0.39, 0.29) is 23.8 Å². The smallest absolute Gasteiger partial charge is 0.216 e. The highest BCUT2D eigenvalue weighted by Gasteiger charge is 2.21. The Balaban J connectivity index is 2.74. The SMILES string of the molecule is CC(=O)NCC(O)C(O)c1ccc(Cl)cc1O. The monoisotopic (exact) mass is 259 g/mol. The first-order valence-corrected chi connectivity index (χ1v) is 5.38. The van der Waals surface area contributed by atoms with E-state index in [0.29, 0.717) is 5.02 Å². The van der Waals surface area contributed by atoms with Crippen molar-refractivity contribution < 1.29 is 20.1 Å². The van der Waals surface area contributed by atoms with E-state index < -0.39 is 12.2 Å². The molecule has 0 bridgehead atoms. The minimum Gasteiger partial charge on any atom is -0.508 e. The van der Waals surface area contributed by atoms with E-state index in [0.717, 1.165) is 0 Å². The molecule has 0 spiro atoms. The summed E-state index contributed by atoms with van der Waals surface area (Å²) < 4.78 is 0. The van der Waals surface area contributed by atoms with E-state index >= 15 is 0 Å². The van der Waals surface area contributed by atoms with Gasteiger partial charge in [0.1, 0.15) is 18.0 Å². The molecule has 0 aliphatic rings. The molecule has 0 aliphatic heterocycles. The lowest BCUT2D eigenvalue weighted by Gasteiger charge is -2.19. The second-order valence-corrected chi connectivity index (χ2v) is 4.09. The van der Waals surface area contributed by atoms with Crippen molar-refractivity contribution in [1.29, 1.82) is 0 Å². The molecule has 0 saturated heterocycles. The third-order valence-corrected chi connectivity index (χ3v) is 2.47. The molecule has 0 aromatic heterocycles. The zero-order valence-corrected chi connectivity index (χ0v) is 9.98. The Labute approximate surface area is 104 Å². The summed E-state index contributed by atoms with van der Waals surface area (Å²) >= 11 is 5.64. The lowest BCUT2D eigenvalue weighted by molar-refractivity contribution is -0.119. The summed E-state index contributed by atoms with van der Waals surface area (Å²) in [4.78, 5) is 10.6. The number of hydrogen-bond acceptors (Lipinski definition) is 4. The van der Waals surface area contributed by atoms with Gasteiger partial charge >= 0.3 is 0 Å². The zero-order chi connectivity index (χ0) is 13.0.